The number of hydrogen-bond acceptors (Lipinski definition) is 5. The molecular formula is C10H16N2O2S. The van der Waals surface area contributed by atoms with Crippen LogP contribution in [0.2, 0.25) is 0 Å². The molecule has 0 bridgehead atoms. The molecule has 0 spiro atoms. The van der Waals surface area contributed by atoms with Crippen LogP contribution in [0.5, 0.6) is 0 Å². The molecule has 1 aromatic rings. The quantitative estimate of drug-likeness (QED) is 0.796. The molecule has 84 valence electrons. The minimum atomic E-state index is -0.313. The molecule has 0 fully saturated rings. The van der Waals surface area contributed by atoms with E-state index in [2.05, 4.69) is 15.0 Å². The highest BCUT2D eigenvalue weighted by molar-refractivity contribution is 7.09. The van der Waals surface area contributed by atoms with E-state index in [1.807, 2.05) is 19.2 Å². The number of thiazole rings is 1. The molecule has 1 heterocycles. The van der Waals surface area contributed by atoms with Gasteiger partial charge in [-0.3, -0.25) is 10.1 Å². The summed E-state index contributed by atoms with van der Waals surface area (Å²) in [5, 5.41) is 6.16. The zero-order chi connectivity index (χ0) is 11.4. The zero-order valence-corrected chi connectivity index (χ0v) is 10.2. The average molecular weight is 228 g/mol. The van der Waals surface area contributed by atoms with Gasteiger partial charge in [0.1, 0.15) is 6.04 Å². The fraction of sp³-hybridized carbons (Fsp3) is 0.600. The Bertz CT molecular complexity index is 338. The van der Waals surface area contributed by atoms with Crippen LogP contribution in [0.25, 0.3) is 0 Å². The Labute approximate surface area is 93.7 Å². The number of ether oxygens (including phenoxy) is 1. The van der Waals surface area contributed by atoms with Crippen molar-refractivity contribution in [3.05, 3.63) is 16.1 Å². The highest BCUT2D eigenvalue weighted by atomic mass is 32.1. The molecule has 1 rings (SSSR count). The number of nitrogens with one attached hydrogen (secondary N) is 1. The standard InChI is InChI=1S/C10H16N2O2S/c1-6(9-5-15-8(3)12-9)11-7(2)10(13)14-4/h5-7,11H,1-4H3/t6?,7-/m0/s1. The smallest absolute Gasteiger partial charge is 0.322 e. The van der Waals surface area contributed by atoms with Gasteiger partial charge in [0, 0.05) is 11.4 Å². The van der Waals surface area contributed by atoms with E-state index >= 15 is 0 Å². The van der Waals surface area contributed by atoms with E-state index < -0.39 is 0 Å². The molecule has 0 saturated heterocycles. The van der Waals surface area contributed by atoms with Crippen molar-refractivity contribution < 1.29 is 9.53 Å². The molecule has 0 amide bonds. The van der Waals surface area contributed by atoms with E-state index in [1.54, 1.807) is 18.3 Å². The molecular weight excluding hydrogens is 212 g/mol. The molecule has 4 nitrogen and oxygen atoms in total. The first-order valence-electron chi connectivity index (χ1n) is 4.80. The largest absolute Gasteiger partial charge is 0.468 e. The summed E-state index contributed by atoms with van der Waals surface area (Å²) in [5.74, 6) is -0.256. The predicted octanol–water partition coefficient (Wildman–Crippen LogP) is 1.66. The number of nitrogens with zero attached hydrogens (tertiary/aromatic N) is 1. The van der Waals surface area contributed by atoms with Gasteiger partial charge in [0.05, 0.1) is 17.8 Å². The van der Waals surface area contributed by atoms with Crippen LogP contribution < -0.4 is 5.32 Å². The van der Waals surface area contributed by atoms with E-state index in [4.69, 9.17) is 0 Å². The first kappa shape index (κ1) is 12.1. The fourth-order valence-electron chi connectivity index (χ4n) is 1.28. The third-order valence-electron chi connectivity index (χ3n) is 2.14. The Morgan fingerprint density at radius 3 is 2.73 bits per heavy atom. The monoisotopic (exact) mass is 228 g/mol. The summed E-state index contributed by atoms with van der Waals surface area (Å²) in [7, 11) is 1.39. The van der Waals surface area contributed by atoms with Gasteiger partial charge in [-0.15, -0.1) is 11.3 Å². The van der Waals surface area contributed by atoms with E-state index in [1.165, 1.54) is 7.11 Å². The SMILES string of the molecule is COC(=O)[C@H](C)NC(C)c1csc(C)n1. The number of rotatable bonds is 4. The summed E-state index contributed by atoms with van der Waals surface area (Å²) in [6.07, 6.45) is 0. The molecule has 5 heteroatoms. The number of hydrogen-bond donors (Lipinski definition) is 1. The Hall–Kier alpha value is -0.940. The second-order valence-electron chi connectivity index (χ2n) is 3.42. The number of methoxy groups -OCH3 is 1. The third kappa shape index (κ3) is 3.28. The molecule has 0 aliphatic carbocycles. The van der Waals surface area contributed by atoms with Gasteiger partial charge in [-0.1, -0.05) is 0 Å². The van der Waals surface area contributed by atoms with Gasteiger partial charge in [0.15, 0.2) is 0 Å². The molecule has 15 heavy (non-hydrogen) atoms. The Balaban J connectivity index is 2.55. The highest BCUT2D eigenvalue weighted by Gasteiger charge is 2.17. The van der Waals surface area contributed by atoms with E-state index in [0.717, 1.165) is 10.7 Å². The average Bonchev–Trinajstić information content (AvgIpc) is 2.63. The Kier molecular flexibility index (Phi) is 4.23. The van der Waals surface area contributed by atoms with Gasteiger partial charge in [-0.2, -0.15) is 0 Å². The molecule has 0 aliphatic heterocycles. The molecule has 1 aromatic heterocycles. The number of esters is 1. The third-order valence-corrected chi connectivity index (χ3v) is 2.93. The minimum absolute atomic E-state index is 0.0593. The van der Waals surface area contributed by atoms with Crippen LogP contribution in [0.15, 0.2) is 5.38 Å². The van der Waals surface area contributed by atoms with Crippen LogP contribution in [0.4, 0.5) is 0 Å². The summed E-state index contributed by atoms with van der Waals surface area (Å²) in [4.78, 5) is 15.5. The van der Waals surface area contributed by atoms with Crippen LogP contribution in [-0.4, -0.2) is 24.1 Å². The van der Waals surface area contributed by atoms with E-state index in [0.29, 0.717) is 0 Å². The van der Waals surface area contributed by atoms with Gasteiger partial charge in [-0.25, -0.2) is 4.98 Å². The molecule has 2 atom stereocenters. The Morgan fingerprint density at radius 2 is 2.27 bits per heavy atom. The molecule has 0 radical (unpaired) electrons. The lowest BCUT2D eigenvalue weighted by molar-refractivity contribution is -0.142. The second-order valence-corrected chi connectivity index (χ2v) is 4.49. The Morgan fingerprint density at radius 1 is 1.60 bits per heavy atom. The molecule has 0 aromatic carbocycles. The van der Waals surface area contributed by atoms with E-state index in [9.17, 15) is 4.79 Å². The lowest BCUT2D eigenvalue weighted by Gasteiger charge is -2.16. The van der Waals surface area contributed by atoms with Gasteiger partial charge in [-0.05, 0) is 20.8 Å². The van der Waals surface area contributed by atoms with Crippen LogP contribution in [0.3, 0.4) is 0 Å². The van der Waals surface area contributed by atoms with Crippen molar-refractivity contribution in [2.45, 2.75) is 32.9 Å². The van der Waals surface area contributed by atoms with Crippen molar-refractivity contribution in [3.8, 4) is 0 Å². The summed E-state index contributed by atoms with van der Waals surface area (Å²) < 4.78 is 4.63. The number of carbonyl (C=O) groups is 1. The zero-order valence-electron chi connectivity index (χ0n) is 9.40. The van der Waals surface area contributed by atoms with Crippen LogP contribution in [-0.2, 0) is 9.53 Å². The number of aromatic nitrogens is 1. The van der Waals surface area contributed by atoms with Gasteiger partial charge >= 0.3 is 5.97 Å². The maximum Gasteiger partial charge on any atom is 0.322 e. The lowest BCUT2D eigenvalue weighted by Crippen LogP contribution is -2.36. The summed E-state index contributed by atoms with van der Waals surface area (Å²) in [6.45, 7) is 5.72. The van der Waals surface area contributed by atoms with Crippen LogP contribution >= 0.6 is 11.3 Å². The molecule has 0 saturated carbocycles. The summed E-state index contributed by atoms with van der Waals surface area (Å²) in [5.41, 5.74) is 0.966. The van der Waals surface area contributed by atoms with E-state index in [-0.39, 0.29) is 18.1 Å². The summed E-state index contributed by atoms with van der Waals surface area (Å²) in [6, 6.07) is -0.254. The van der Waals surface area contributed by atoms with Crippen molar-refractivity contribution in [3.63, 3.8) is 0 Å². The normalized spacial score (nSPS) is 14.7. The van der Waals surface area contributed by atoms with Gasteiger partial charge in [0.25, 0.3) is 0 Å². The molecule has 1 N–H and O–H groups in total. The van der Waals surface area contributed by atoms with Crippen molar-refractivity contribution in [2.24, 2.45) is 0 Å². The predicted molar refractivity (Wildman–Crippen MR) is 59.9 cm³/mol. The topological polar surface area (TPSA) is 51.2 Å². The van der Waals surface area contributed by atoms with Crippen molar-refractivity contribution >= 4 is 17.3 Å². The van der Waals surface area contributed by atoms with Gasteiger partial charge in [0.2, 0.25) is 0 Å². The van der Waals surface area contributed by atoms with Crippen molar-refractivity contribution in [1.29, 1.82) is 0 Å². The maximum absolute atomic E-state index is 11.2. The van der Waals surface area contributed by atoms with Crippen LogP contribution in [0, 0.1) is 6.92 Å². The number of aryl methyl sites for hydroxylation is 1. The van der Waals surface area contributed by atoms with Crippen molar-refractivity contribution in [2.75, 3.05) is 7.11 Å². The molecule has 0 aliphatic rings. The van der Waals surface area contributed by atoms with Crippen LogP contribution in [0.1, 0.15) is 30.6 Å². The second kappa shape index (κ2) is 5.23. The fourth-order valence-corrected chi connectivity index (χ4v) is 1.99. The van der Waals surface area contributed by atoms with Crippen molar-refractivity contribution in [1.82, 2.24) is 10.3 Å². The lowest BCUT2D eigenvalue weighted by atomic mass is 10.2. The highest BCUT2D eigenvalue weighted by Crippen LogP contribution is 2.16. The van der Waals surface area contributed by atoms with Gasteiger partial charge < -0.3 is 4.74 Å². The first-order chi connectivity index (χ1) is 7.04. The maximum atomic E-state index is 11.2. The molecule has 1 unspecified atom stereocenters. The number of carbonyl (C=O) groups excluding carboxylic acids is 1. The minimum Gasteiger partial charge on any atom is -0.468 e. The summed E-state index contributed by atoms with van der Waals surface area (Å²) >= 11 is 1.61. The first-order valence-corrected chi connectivity index (χ1v) is 5.68.